The second-order valence-corrected chi connectivity index (χ2v) is 10.3. The van der Waals surface area contributed by atoms with Crippen LogP contribution in [0, 0.1) is 6.92 Å². The number of fused-ring (bicyclic) bond motifs is 1. The van der Waals surface area contributed by atoms with Gasteiger partial charge in [-0.15, -0.1) is 5.11 Å². The van der Waals surface area contributed by atoms with Crippen LogP contribution in [0.15, 0.2) is 75.8 Å². The molecule has 3 N–H and O–H groups in total. The Labute approximate surface area is 228 Å². The lowest BCUT2D eigenvalue weighted by molar-refractivity contribution is 0.102. The summed E-state index contributed by atoms with van der Waals surface area (Å²) in [4.78, 5) is 12.7. The molecule has 4 aromatic rings. The van der Waals surface area contributed by atoms with Gasteiger partial charge in [-0.3, -0.25) is 9.35 Å². The van der Waals surface area contributed by atoms with E-state index in [-0.39, 0.29) is 27.7 Å². The van der Waals surface area contributed by atoms with E-state index in [9.17, 15) is 22.9 Å². The first-order valence-electron chi connectivity index (χ1n) is 11.2. The number of carbonyl (C=O) groups is 1. The first kappa shape index (κ1) is 27.3. The highest BCUT2D eigenvalue weighted by atomic mass is 35.5. The van der Waals surface area contributed by atoms with Crippen molar-refractivity contribution in [2.24, 2.45) is 10.2 Å². The smallest absolute Gasteiger partial charge is 0.296 e. The summed E-state index contributed by atoms with van der Waals surface area (Å²) in [5.74, 6) is -0.812. The van der Waals surface area contributed by atoms with E-state index < -0.39 is 26.7 Å². The van der Waals surface area contributed by atoms with Crippen molar-refractivity contribution in [2.45, 2.75) is 18.7 Å². The number of ether oxygens (including phenoxy) is 1. The van der Waals surface area contributed by atoms with E-state index >= 15 is 0 Å². The maximum absolute atomic E-state index is 13.3. The van der Waals surface area contributed by atoms with E-state index in [4.69, 9.17) is 27.9 Å². The molecule has 12 heteroatoms. The highest BCUT2D eigenvalue weighted by molar-refractivity contribution is 7.86. The Morgan fingerprint density at radius 3 is 2.50 bits per heavy atom. The van der Waals surface area contributed by atoms with Gasteiger partial charge in [0.2, 0.25) is 0 Å². The summed E-state index contributed by atoms with van der Waals surface area (Å²) in [5.41, 5.74) is 0.591. The molecule has 0 aliphatic carbocycles. The number of nitrogens with one attached hydrogen (secondary N) is 1. The molecule has 0 aliphatic heterocycles. The summed E-state index contributed by atoms with van der Waals surface area (Å²) in [6, 6.07) is 15.8. The molecule has 0 radical (unpaired) electrons. The number of para-hydroxylation sites is 1. The van der Waals surface area contributed by atoms with E-state index in [1.54, 1.807) is 56.3 Å². The number of aromatic hydroxyl groups is 1. The minimum Gasteiger partial charge on any atom is -0.505 e. The largest absolute Gasteiger partial charge is 0.505 e. The van der Waals surface area contributed by atoms with Gasteiger partial charge in [0.25, 0.3) is 16.0 Å². The molecule has 4 aromatic carbocycles. The normalized spacial score (nSPS) is 11.7. The van der Waals surface area contributed by atoms with Crippen molar-refractivity contribution < 1.29 is 27.6 Å². The van der Waals surface area contributed by atoms with Crippen molar-refractivity contribution in [2.75, 3.05) is 11.9 Å². The van der Waals surface area contributed by atoms with Crippen molar-refractivity contribution in [3.63, 3.8) is 0 Å². The standard InChI is InChI=1S/C26H21Cl2N3O6S/c1-3-37-25-19(27)9-6-10-20(25)29-26(33)18-12-15-7-4-5-8-17(15)23(24(18)32)31-30-16-11-14(2)22(28)21(13-16)38(34,35)36/h4-13,32H,3H2,1-2H3,(H,29,33)(H,34,35,36). The molecule has 1 amide bonds. The van der Waals surface area contributed by atoms with Crippen LogP contribution < -0.4 is 10.1 Å². The molecule has 0 spiro atoms. The van der Waals surface area contributed by atoms with Crippen molar-refractivity contribution in [1.82, 2.24) is 0 Å². The van der Waals surface area contributed by atoms with Gasteiger partial charge in [-0.2, -0.15) is 13.5 Å². The van der Waals surface area contributed by atoms with E-state index in [1.165, 1.54) is 12.1 Å². The number of azo groups is 1. The highest BCUT2D eigenvalue weighted by Gasteiger charge is 2.21. The van der Waals surface area contributed by atoms with Gasteiger partial charge in [0.15, 0.2) is 11.5 Å². The van der Waals surface area contributed by atoms with E-state index in [0.717, 1.165) is 6.07 Å². The molecule has 0 saturated carbocycles. The van der Waals surface area contributed by atoms with Crippen molar-refractivity contribution in [3.05, 3.63) is 81.8 Å². The number of hydrogen-bond acceptors (Lipinski definition) is 7. The number of amides is 1. The number of benzene rings is 4. The van der Waals surface area contributed by atoms with Crippen LogP contribution in [-0.4, -0.2) is 30.6 Å². The monoisotopic (exact) mass is 573 g/mol. The van der Waals surface area contributed by atoms with Gasteiger partial charge in [0.05, 0.1) is 33.6 Å². The lowest BCUT2D eigenvalue weighted by Gasteiger charge is -2.14. The molecule has 4 rings (SSSR count). The Kier molecular flexibility index (Phi) is 7.89. The topological polar surface area (TPSA) is 138 Å². The zero-order valence-corrected chi connectivity index (χ0v) is 22.4. The lowest BCUT2D eigenvalue weighted by atomic mass is 10.0. The number of aryl methyl sites for hydroxylation is 1. The Balaban J connectivity index is 1.80. The fraction of sp³-hybridized carbons (Fsp3) is 0.115. The van der Waals surface area contributed by atoms with Crippen molar-refractivity contribution in [3.8, 4) is 11.5 Å². The number of carbonyl (C=O) groups excluding carboxylic acids is 1. The number of phenolic OH excluding ortho intramolecular Hbond substituents is 1. The summed E-state index contributed by atoms with van der Waals surface area (Å²) in [5, 5.41) is 23.2. The van der Waals surface area contributed by atoms with Gasteiger partial charge in [0.1, 0.15) is 10.6 Å². The Bertz CT molecular complexity index is 1710. The summed E-state index contributed by atoms with van der Waals surface area (Å²) in [7, 11) is -4.62. The molecule has 0 heterocycles. The van der Waals surface area contributed by atoms with Gasteiger partial charge in [-0.1, -0.05) is 53.5 Å². The van der Waals surface area contributed by atoms with Crippen LogP contribution >= 0.6 is 23.2 Å². The molecule has 0 unspecified atom stereocenters. The predicted molar refractivity (Wildman–Crippen MR) is 146 cm³/mol. The number of halogens is 2. The summed E-state index contributed by atoms with van der Waals surface area (Å²) >= 11 is 12.2. The SMILES string of the molecule is CCOc1c(Cl)cccc1NC(=O)c1cc2ccccc2c(N=Nc2cc(C)c(Cl)c(S(=O)(=O)O)c2)c1O. The van der Waals surface area contributed by atoms with E-state index in [1.807, 2.05) is 0 Å². The highest BCUT2D eigenvalue weighted by Crippen LogP contribution is 2.41. The number of hydrogen-bond donors (Lipinski definition) is 3. The Hall–Kier alpha value is -3.70. The quantitative estimate of drug-likeness (QED) is 0.155. The third-order valence-corrected chi connectivity index (χ3v) is 7.28. The van der Waals surface area contributed by atoms with E-state index in [0.29, 0.717) is 33.7 Å². The molecule has 38 heavy (non-hydrogen) atoms. The number of anilines is 1. The van der Waals surface area contributed by atoms with Crippen LogP contribution in [0.5, 0.6) is 11.5 Å². The first-order chi connectivity index (χ1) is 18.0. The first-order valence-corrected chi connectivity index (χ1v) is 13.4. The Morgan fingerprint density at radius 2 is 1.79 bits per heavy atom. The van der Waals surface area contributed by atoms with Crippen LogP contribution in [0.2, 0.25) is 10.0 Å². The fourth-order valence-electron chi connectivity index (χ4n) is 3.75. The van der Waals surface area contributed by atoms with Crippen LogP contribution in [-0.2, 0) is 10.1 Å². The third kappa shape index (κ3) is 5.58. The molecule has 9 nitrogen and oxygen atoms in total. The molecule has 0 saturated heterocycles. The van der Waals surface area contributed by atoms with E-state index in [2.05, 4.69) is 15.5 Å². The molecule has 196 valence electrons. The number of rotatable bonds is 7. The lowest BCUT2D eigenvalue weighted by Crippen LogP contribution is -2.13. The minimum absolute atomic E-state index is 0.0228. The molecule has 0 aliphatic rings. The summed E-state index contributed by atoms with van der Waals surface area (Å²) in [6.45, 7) is 3.64. The van der Waals surface area contributed by atoms with Crippen molar-refractivity contribution in [1.29, 1.82) is 0 Å². The van der Waals surface area contributed by atoms with Gasteiger partial charge in [-0.25, -0.2) is 0 Å². The maximum Gasteiger partial charge on any atom is 0.296 e. The predicted octanol–water partition coefficient (Wildman–Crippen LogP) is 7.47. The zero-order chi connectivity index (χ0) is 27.6. The maximum atomic E-state index is 13.3. The van der Waals surface area contributed by atoms with Crippen LogP contribution in [0.4, 0.5) is 17.1 Å². The van der Waals surface area contributed by atoms with Gasteiger partial charge in [-0.05, 0) is 55.1 Å². The van der Waals surface area contributed by atoms with Gasteiger partial charge in [0, 0.05) is 5.39 Å². The average Bonchev–Trinajstić information content (AvgIpc) is 2.86. The number of nitrogens with zero attached hydrogens (tertiary/aromatic N) is 2. The van der Waals surface area contributed by atoms with Crippen LogP contribution in [0.1, 0.15) is 22.8 Å². The second kappa shape index (κ2) is 11.0. The minimum atomic E-state index is -4.62. The molecular formula is C26H21Cl2N3O6S. The summed E-state index contributed by atoms with van der Waals surface area (Å²) in [6.07, 6.45) is 0. The van der Waals surface area contributed by atoms with Crippen molar-refractivity contribution >= 4 is 67.1 Å². The van der Waals surface area contributed by atoms with Gasteiger partial charge >= 0.3 is 0 Å². The second-order valence-electron chi connectivity index (χ2n) is 8.10. The summed E-state index contributed by atoms with van der Waals surface area (Å²) < 4.78 is 38.5. The molecule has 0 bridgehead atoms. The average molecular weight is 574 g/mol. The van der Waals surface area contributed by atoms with Crippen LogP contribution in [0.25, 0.3) is 10.8 Å². The molecule has 0 aromatic heterocycles. The molecule has 0 atom stereocenters. The van der Waals surface area contributed by atoms with Gasteiger partial charge < -0.3 is 15.2 Å². The number of phenols is 1. The van der Waals surface area contributed by atoms with Crippen LogP contribution in [0.3, 0.4) is 0 Å². The molecule has 0 fully saturated rings. The Morgan fingerprint density at radius 1 is 1.05 bits per heavy atom. The zero-order valence-electron chi connectivity index (χ0n) is 20.1. The fourth-order valence-corrected chi connectivity index (χ4v) is 5.04. The third-order valence-electron chi connectivity index (χ3n) is 5.49. The molecular weight excluding hydrogens is 553 g/mol.